The Balaban J connectivity index is 1.45. The summed E-state index contributed by atoms with van der Waals surface area (Å²) in [5.41, 5.74) is 2.42. The first kappa shape index (κ1) is 15.7. The Morgan fingerprint density at radius 3 is 2.60 bits per heavy atom. The Morgan fingerprint density at radius 1 is 1.12 bits per heavy atom. The maximum atomic E-state index is 12.4. The normalized spacial score (nSPS) is 15.2. The van der Waals surface area contributed by atoms with Crippen molar-refractivity contribution in [1.29, 1.82) is 0 Å². The fourth-order valence-corrected chi connectivity index (χ4v) is 3.25. The summed E-state index contributed by atoms with van der Waals surface area (Å²) in [4.78, 5) is 24.4. The zero-order chi connectivity index (χ0) is 17.2. The van der Waals surface area contributed by atoms with E-state index in [1.165, 1.54) is 4.57 Å². The van der Waals surface area contributed by atoms with Crippen LogP contribution in [-0.4, -0.2) is 10.5 Å². The number of hydrogen-bond donors (Lipinski definition) is 1. The van der Waals surface area contributed by atoms with Gasteiger partial charge < -0.3 is 9.73 Å². The summed E-state index contributed by atoms with van der Waals surface area (Å²) in [6, 6.07) is 17.4. The minimum atomic E-state index is -0.421. The quantitative estimate of drug-likeness (QED) is 0.751. The topological polar surface area (TPSA) is 64.2 Å². The molecule has 0 unspecified atom stereocenters. The second-order valence-corrected chi connectivity index (χ2v) is 6.53. The minimum absolute atomic E-state index is 0.0436. The molecule has 1 N–H and O–H groups in total. The molecule has 5 heteroatoms. The molecule has 4 rings (SSSR count). The van der Waals surface area contributed by atoms with E-state index in [1.54, 1.807) is 6.07 Å². The standard InChI is InChI=1S/C20H20N2O3/c23-18(21-19(15-10-11-15)14-6-2-1-3-7-14)12-13-22-16-8-4-5-9-17(16)25-20(22)24/h1-9,15,19H,10-13H2,(H,21,23)/t19-/m1/s1. The Morgan fingerprint density at radius 2 is 1.84 bits per heavy atom. The number of amides is 1. The van der Waals surface area contributed by atoms with Gasteiger partial charge in [0.05, 0.1) is 11.6 Å². The third-order valence-electron chi connectivity index (χ3n) is 4.70. The van der Waals surface area contributed by atoms with Crippen LogP contribution in [0.4, 0.5) is 0 Å². The number of benzene rings is 2. The van der Waals surface area contributed by atoms with Gasteiger partial charge >= 0.3 is 5.76 Å². The largest absolute Gasteiger partial charge is 0.419 e. The van der Waals surface area contributed by atoms with Crippen molar-refractivity contribution in [2.24, 2.45) is 5.92 Å². The van der Waals surface area contributed by atoms with Crippen molar-refractivity contribution in [2.75, 3.05) is 0 Å². The van der Waals surface area contributed by atoms with E-state index in [4.69, 9.17) is 4.42 Å². The van der Waals surface area contributed by atoms with Crippen molar-refractivity contribution < 1.29 is 9.21 Å². The van der Waals surface area contributed by atoms with Gasteiger partial charge in [0.2, 0.25) is 5.91 Å². The molecule has 128 valence electrons. The van der Waals surface area contributed by atoms with Crippen molar-refractivity contribution in [2.45, 2.75) is 31.8 Å². The lowest BCUT2D eigenvalue weighted by molar-refractivity contribution is -0.122. The smallest absolute Gasteiger partial charge is 0.408 e. The summed E-state index contributed by atoms with van der Waals surface area (Å²) < 4.78 is 6.72. The van der Waals surface area contributed by atoms with E-state index >= 15 is 0 Å². The average Bonchev–Trinajstić information content (AvgIpc) is 3.42. The number of hydrogen-bond acceptors (Lipinski definition) is 3. The first-order chi connectivity index (χ1) is 12.2. The highest BCUT2D eigenvalue weighted by molar-refractivity contribution is 5.77. The molecule has 3 aromatic rings. The van der Waals surface area contributed by atoms with Crippen LogP contribution < -0.4 is 11.1 Å². The van der Waals surface area contributed by atoms with E-state index < -0.39 is 5.76 Å². The van der Waals surface area contributed by atoms with Crippen LogP contribution in [0.1, 0.15) is 30.9 Å². The van der Waals surface area contributed by atoms with Crippen molar-refractivity contribution in [3.05, 3.63) is 70.7 Å². The number of aryl methyl sites for hydroxylation is 1. The predicted molar refractivity (Wildman–Crippen MR) is 95.1 cm³/mol. The molecule has 1 fully saturated rings. The summed E-state index contributed by atoms with van der Waals surface area (Å²) in [6.45, 7) is 0.313. The van der Waals surface area contributed by atoms with Gasteiger partial charge in [-0.05, 0) is 36.5 Å². The van der Waals surface area contributed by atoms with Crippen LogP contribution in [0.15, 0.2) is 63.8 Å². The van der Waals surface area contributed by atoms with Crippen LogP contribution in [0.3, 0.4) is 0 Å². The second kappa shape index (κ2) is 6.59. The van der Waals surface area contributed by atoms with Gasteiger partial charge in [0, 0.05) is 13.0 Å². The van der Waals surface area contributed by atoms with Gasteiger partial charge in [-0.2, -0.15) is 0 Å². The molecule has 1 amide bonds. The van der Waals surface area contributed by atoms with Gasteiger partial charge in [0.25, 0.3) is 0 Å². The third-order valence-corrected chi connectivity index (χ3v) is 4.70. The Hall–Kier alpha value is -2.82. The maximum Gasteiger partial charge on any atom is 0.419 e. The number of rotatable bonds is 6. The first-order valence-electron chi connectivity index (χ1n) is 8.65. The van der Waals surface area contributed by atoms with Gasteiger partial charge in [0.15, 0.2) is 5.58 Å². The molecule has 1 atom stereocenters. The second-order valence-electron chi connectivity index (χ2n) is 6.53. The molecule has 1 aliphatic carbocycles. The molecule has 0 saturated heterocycles. The Labute approximate surface area is 145 Å². The molecule has 25 heavy (non-hydrogen) atoms. The van der Waals surface area contributed by atoms with Crippen molar-refractivity contribution >= 4 is 17.0 Å². The SMILES string of the molecule is O=C(CCn1c(=O)oc2ccccc21)N[C@H](c1ccccc1)C1CC1. The summed E-state index contributed by atoms with van der Waals surface area (Å²) in [6.07, 6.45) is 2.54. The molecule has 0 radical (unpaired) electrons. The van der Waals surface area contributed by atoms with Gasteiger partial charge in [-0.1, -0.05) is 42.5 Å². The highest BCUT2D eigenvalue weighted by atomic mass is 16.4. The number of oxazole rings is 1. The van der Waals surface area contributed by atoms with Gasteiger partial charge in [-0.15, -0.1) is 0 Å². The van der Waals surface area contributed by atoms with Gasteiger partial charge in [0.1, 0.15) is 0 Å². The molecule has 0 spiro atoms. The lowest BCUT2D eigenvalue weighted by Crippen LogP contribution is -2.31. The zero-order valence-corrected chi connectivity index (χ0v) is 13.9. The molecule has 2 aromatic carbocycles. The minimum Gasteiger partial charge on any atom is -0.408 e. The predicted octanol–water partition coefficient (Wildman–Crippen LogP) is 3.25. The summed E-state index contributed by atoms with van der Waals surface area (Å²) in [7, 11) is 0. The number of carbonyl (C=O) groups is 1. The highest BCUT2D eigenvalue weighted by Crippen LogP contribution is 2.40. The number of aromatic nitrogens is 1. The molecule has 0 aliphatic heterocycles. The number of nitrogens with zero attached hydrogens (tertiary/aromatic N) is 1. The molecular formula is C20H20N2O3. The van der Waals surface area contributed by atoms with Crippen LogP contribution >= 0.6 is 0 Å². The molecule has 1 heterocycles. The van der Waals surface area contributed by atoms with Crippen molar-refractivity contribution in [3.8, 4) is 0 Å². The molecule has 1 aromatic heterocycles. The van der Waals surface area contributed by atoms with Gasteiger partial charge in [-0.25, -0.2) is 4.79 Å². The summed E-state index contributed by atoms with van der Waals surface area (Å²) in [5.74, 6) is 0.0533. The van der Waals surface area contributed by atoms with Crippen LogP contribution in [-0.2, 0) is 11.3 Å². The monoisotopic (exact) mass is 336 g/mol. The van der Waals surface area contributed by atoms with Crippen LogP contribution in [0.25, 0.3) is 11.1 Å². The number of carbonyl (C=O) groups excluding carboxylic acids is 1. The molecule has 1 aliphatic rings. The van der Waals surface area contributed by atoms with E-state index in [1.807, 2.05) is 36.4 Å². The van der Waals surface area contributed by atoms with E-state index in [9.17, 15) is 9.59 Å². The highest BCUT2D eigenvalue weighted by Gasteiger charge is 2.33. The summed E-state index contributed by atoms with van der Waals surface area (Å²) >= 11 is 0. The van der Waals surface area contributed by atoms with E-state index in [0.717, 1.165) is 23.9 Å². The van der Waals surface area contributed by atoms with E-state index in [-0.39, 0.29) is 18.4 Å². The van der Waals surface area contributed by atoms with Crippen molar-refractivity contribution in [3.63, 3.8) is 0 Å². The third kappa shape index (κ3) is 3.36. The Kier molecular flexibility index (Phi) is 4.14. The van der Waals surface area contributed by atoms with Crippen LogP contribution in [0.2, 0.25) is 0 Å². The lowest BCUT2D eigenvalue weighted by Gasteiger charge is -2.18. The maximum absolute atomic E-state index is 12.4. The number of nitrogens with one attached hydrogen (secondary N) is 1. The molecule has 1 saturated carbocycles. The van der Waals surface area contributed by atoms with E-state index in [2.05, 4.69) is 17.4 Å². The fraction of sp³-hybridized carbons (Fsp3) is 0.300. The van der Waals surface area contributed by atoms with Gasteiger partial charge in [-0.3, -0.25) is 9.36 Å². The van der Waals surface area contributed by atoms with Crippen LogP contribution in [0, 0.1) is 5.92 Å². The van der Waals surface area contributed by atoms with Crippen LogP contribution in [0.5, 0.6) is 0 Å². The van der Waals surface area contributed by atoms with E-state index in [0.29, 0.717) is 18.0 Å². The molecule has 0 bridgehead atoms. The van der Waals surface area contributed by atoms with Crippen molar-refractivity contribution in [1.82, 2.24) is 9.88 Å². The first-order valence-corrected chi connectivity index (χ1v) is 8.65. The summed E-state index contributed by atoms with van der Waals surface area (Å²) in [5, 5.41) is 3.14. The Bertz CT molecular complexity index is 938. The molecule has 5 nitrogen and oxygen atoms in total. The lowest BCUT2D eigenvalue weighted by atomic mass is 10.0. The zero-order valence-electron chi connectivity index (χ0n) is 13.9. The fourth-order valence-electron chi connectivity index (χ4n) is 3.25. The number of para-hydroxylation sites is 2. The number of fused-ring (bicyclic) bond motifs is 1. The average molecular weight is 336 g/mol. The molecular weight excluding hydrogens is 316 g/mol.